The second-order valence-corrected chi connectivity index (χ2v) is 14.4. The summed E-state index contributed by atoms with van der Waals surface area (Å²) in [6, 6.07) is 0. The molecule has 0 aliphatic heterocycles. The molecule has 0 aromatic rings. The van der Waals surface area contributed by atoms with Crippen molar-refractivity contribution in [2.24, 2.45) is 0 Å². The monoisotopic (exact) mass is 430 g/mol. The molecule has 0 saturated heterocycles. The van der Waals surface area contributed by atoms with E-state index in [9.17, 15) is 8.42 Å². The number of rotatable bonds is 8. The van der Waals surface area contributed by atoms with Crippen molar-refractivity contribution in [1.29, 1.82) is 0 Å². The van der Waals surface area contributed by atoms with E-state index >= 15 is 0 Å². The zero-order valence-electron chi connectivity index (χ0n) is 18.9. The van der Waals surface area contributed by atoms with Crippen LogP contribution in [0.25, 0.3) is 0 Å². The fraction of sp³-hybridized carbons (Fsp3) is 0.909. The summed E-state index contributed by atoms with van der Waals surface area (Å²) in [6.07, 6.45) is 13.3. The van der Waals surface area contributed by atoms with E-state index in [4.69, 9.17) is 0 Å². The Morgan fingerprint density at radius 3 is 2.21 bits per heavy atom. The molecular weight excluding hydrogens is 388 g/mol. The molecule has 0 bridgehead atoms. The Labute approximate surface area is 178 Å². The first-order valence-corrected chi connectivity index (χ1v) is 13.3. The number of hydrogen-bond acceptors (Lipinski definition) is 2. The van der Waals surface area contributed by atoms with Gasteiger partial charge in [-0.2, -0.15) is 0 Å². The van der Waals surface area contributed by atoms with Crippen LogP contribution in [0.5, 0.6) is 0 Å². The van der Waals surface area contributed by atoms with E-state index in [1.54, 1.807) is 0 Å². The smallest absolute Gasteiger partial charge is 0.122 e. The van der Waals surface area contributed by atoms with E-state index in [2.05, 4.69) is 56.6 Å². The first-order valence-electron chi connectivity index (χ1n) is 11.0. The quantitative estimate of drug-likeness (QED) is 0.564. The summed E-state index contributed by atoms with van der Waals surface area (Å²) in [5.74, 6) is 0. The van der Waals surface area contributed by atoms with E-state index in [-0.39, 0.29) is 15.0 Å². The third-order valence-electron chi connectivity index (χ3n) is 6.19. The molecular formula is C22H42N2O2S2. The van der Waals surface area contributed by atoms with Crippen molar-refractivity contribution < 1.29 is 8.42 Å². The van der Waals surface area contributed by atoms with E-state index in [1.807, 2.05) is 0 Å². The lowest BCUT2D eigenvalue weighted by Crippen LogP contribution is -2.54. The van der Waals surface area contributed by atoms with Gasteiger partial charge in [-0.15, -0.1) is 0 Å². The van der Waals surface area contributed by atoms with Crippen LogP contribution in [0.15, 0.2) is 11.8 Å². The van der Waals surface area contributed by atoms with Gasteiger partial charge >= 0.3 is 0 Å². The molecule has 1 saturated carbocycles. The summed E-state index contributed by atoms with van der Waals surface area (Å²) in [4.78, 5) is 0. The topological polar surface area (TPSA) is 49.4 Å². The standard InChI is InChI=1S/C22H42N2O2S2/c1-20(2,3)28(26)24(22(6)15-11-8-12-16-22)18-17-21(4,5)27(25)23-19-13-9-7-10-14-19/h13,23H,7-12,14-18H2,1-6H3. The lowest BCUT2D eigenvalue weighted by molar-refractivity contribution is 0.148. The van der Waals surface area contributed by atoms with Crippen molar-refractivity contribution in [2.45, 2.75) is 121 Å². The average molecular weight is 431 g/mol. The Bertz CT molecular complexity index is 602. The van der Waals surface area contributed by atoms with Gasteiger partial charge in [-0.25, -0.2) is 12.7 Å². The highest BCUT2D eigenvalue weighted by atomic mass is 32.2. The van der Waals surface area contributed by atoms with E-state index in [1.165, 1.54) is 32.1 Å². The summed E-state index contributed by atoms with van der Waals surface area (Å²) in [5.41, 5.74) is 1.11. The summed E-state index contributed by atoms with van der Waals surface area (Å²) in [6.45, 7) is 13.3. The van der Waals surface area contributed by atoms with Gasteiger partial charge in [-0.3, -0.25) is 0 Å². The molecule has 0 spiro atoms. The van der Waals surface area contributed by atoms with E-state index in [0.29, 0.717) is 0 Å². The maximum Gasteiger partial charge on any atom is 0.122 e. The van der Waals surface area contributed by atoms with Crippen LogP contribution in [0.2, 0.25) is 0 Å². The van der Waals surface area contributed by atoms with Gasteiger partial charge in [0.2, 0.25) is 0 Å². The Balaban J connectivity index is 2.09. The number of nitrogens with one attached hydrogen (secondary N) is 1. The van der Waals surface area contributed by atoms with E-state index < -0.39 is 22.0 Å². The predicted molar refractivity (Wildman–Crippen MR) is 123 cm³/mol. The molecule has 2 aliphatic carbocycles. The number of nitrogens with zero attached hydrogens (tertiary/aromatic N) is 1. The lowest BCUT2D eigenvalue weighted by Gasteiger charge is -2.46. The largest absolute Gasteiger partial charge is 0.309 e. The van der Waals surface area contributed by atoms with Crippen LogP contribution in [0.3, 0.4) is 0 Å². The van der Waals surface area contributed by atoms with Crippen LogP contribution in [0.4, 0.5) is 0 Å². The Morgan fingerprint density at radius 2 is 1.68 bits per heavy atom. The molecule has 1 N–H and O–H groups in total. The van der Waals surface area contributed by atoms with Crippen molar-refractivity contribution in [3.63, 3.8) is 0 Å². The van der Waals surface area contributed by atoms with Crippen LogP contribution < -0.4 is 4.72 Å². The van der Waals surface area contributed by atoms with Crippen molar-refractivity contribution in [3.8, 4) is 0 Å². The average Bonchev–Trinajstić information content (AvgIpc) is 2.62. The van der Waals surface area contributed by atoms with Gasteiger partial charge in [0.15, 0.2) is 0 Å². The molecule has 0 aromatic carbocycles. The minimum absolute atomic E-state index is 0.0205. The van der Waals surface area contributed by atoms with Gasteiger partial charge in [-0.05, 0) is 86.5 Å². The fourth-order valence-electron chi connectivity index (χ4n) is 4.10. The molecule has 6 heteroatoms. The first kappa shape index (κ1) is 24.1. The van der Waals surface area contributed by atoms with Crippen molar-refractivity contribution >= 4 is 22.0 Å². The minimum Gasteiger partial charge on any atom is -0.309 e. The zero-order chi connectivity index (χ0) is 21.0. The molecule has 2 unspecified atom stereocenters. The van der Waals surface area contributed by atoms with Crippen LogP contribution in [-0.2, 0) is 22.0 Å². The number of allylic oxidation sites excluding steroid dienone is 2. The van der Waals surface area contributed by atoms with Gasteiger partial charge in [0, 0.05) is 17.8 Å². The SMILES string of the molecule is CC1(N(CCC(C)(C)S(=O)NC2=CCCCC2)S(=O)C(C)(C)C)CCCCC1. The molecule has 0 aromatic heterocycles. The molecule has 4 nitrogen and oxygen atoms in total. The van der Waals surface area contributed by atoms with E-state index in [0.717, 1.165) is 44.3 Å². The van der Waals surface area contributed by atoms with Crippen LogP contribution >= 0.6 is 0 Å². The lowest BCUT2D eigenvalue weighted by atomic mass is 9.83. The molecule has 2 rings (SSSR count). The highest BCUT2D eigenvalue weighted by Gasteiger charge is 2.41. The second kappa shape index (κ2) is 9.74. The predicted octanol–water partition coefficient (Wildman–Crippen LogP) is 5.35. The Morgan fingerprint density at radius 1 is 1.04 bits per heavy atom. The fourth-order valence-corrected chi connectivity index (χ4v) is 6.58. The van der Waals surface area contributed by atoms with Crippen molar-refractivity contribution in [1.82, 2.24) is 9.03 Å². The Kier molecular flexibility index (Phi) is 8.37. The van der Waals surface area contributed by atoms with Crippen molar-refractivity contribution in [3.05, 3.63) is 11.8 Å². The maximum atomic E-state index is 13.4. The molecule has 0 amide bonds. The molecule has 2 atom stereocenters. The summed E-state index contributed by atoms with van der Waals surface area (Å²) in [5, 5.41) is 0. The molecule has 2 aliphatic rings. The maximum absolute atomic E-state index is 13.4. The van der Waals surface area contributed by atoms with Gasteiger partial charge in [0.05, 0.1) is 9.49 Å². The summed E-state index contributed by atoms with van der Waals surface area (Å²) < 4.78 is 31.3. The van der Waals surface area contributed by atoms with Crippen LogP contribution in [-0.4, -0.2) is 34.3 Å². The second-order valence-electron chi connectivity index (χ2n) is 10.4. The third-order valence-corrected chi connectivity index (χ3v) is 9.92. The minimum atomic E-state index is -1.14. The van der Waals surface area contributed by atoms with Crippen LogP contribution in [0.1, 0.15) is 106 Å². The van der Waals surface area contributed by atoms with Crippen molar-refractivity contribution in [2.75, 3.05) is 6.54 Å². The van der Waals surface area contributed by atoms with Gasteiger partial charge in [0.25, 0.3) is 0 Å². The molecule has 0 heterocycles. The summed E-state index contributed by atoms with van der Waals surface area (Å²) >= 11 is 0. The normalized spacial score (nSPS) is 23.2. The van der Waals surface area contributed by atoms with Crippen LogP contribution in [0, 0.1) is 0 Å². The summed E-state index contributed by atoms with van der Waals surface area (Å²) in [7, 11) is -2.20. The van der Waals surface area contributed by atoms with Gasteiger partial charge < -0.3 is 4.72 Å². The molecule has 28 heavy (non-hydrogen) atoms. The zero-order valence-corrected chi connectivity index (χ0v) is 20.6. The molecule has 0 radical (unpaired) electrons. The molecule has 164 valence electrons. The third kappa shape index (κ3) is 6.40. The Hall–Kier alpha value is -0.200. The number of hydrogen-bond donors (Lipinski definition) is 1. The molecule has 1 fully saturated rings. The highest BCUT2D eigenvalue weighted by Crippen LogP contribution is 2.37. The highest BCUT2D eigenvalue weighted by molar-refractivity contribution is 7.84. The first-order chi connectivity index (χ1) is 13.0. The van der Waals surface area contributed by atoms with Gasteiger partial charge in [0.1, 0.15) is 22.0 Å². The van der Waals surface area contributed by atoms with Gasteiger partial charge in [-0.1, -0.05) is 25.3 Å².